The van der Waals surface area contributed by atoms with Crippen LogP contribution in [0.1, 0.15) is 25.0 Å². The van der Waals surface area contributed by atoms with Crippen molar-refractivity contribution in [3.05, 3.63) is 28.8 Å². The number of rotatable bonds is 2. The fourth-order valence-corrected chi connectivity index (χ4v) is 1.19. The van der Waals surface area contributed by atoms with Crippen molar-refractivity contribution in [3.8, 4) is 5.75 Å². The highest BCUT2D eigenvalue weighted by molar-refractivity contribution is 6.30. The summed E-state index contributed by atoms with van der Waals surface area (Å²) < 4.78 is 0. The Morgan fingerprint density at radius 1 is 1.50 bits per heavy atom. The minimum atomic E-state index is -0.635. The average Bonchev–Trinajstić information content (AvgIpc) is 2.08. The Morgan fingerprint density at radius 3 is 2.75 bits per heavy atom. The van der Waals surface area contributed by atoms with Crippen molar-refractivity contribution in [2.24, 2.45) is 0 Å². The van der Waals surface area contributed by atoms with E-state index in [0.29, 0.717) is 17.0 Å². The molecule has 0 bridgehead atoms. The Morgan fingerprint density at radius 2 is 2.17 bits per heavy atom. The molecule has 2 nitrogen and oxygen atoms in total. The first kappa shape index (κ1) is 9.36. The highest BCUT2D eigenvalue weighted by atomic mass is 35.5. The van der Waals surface area contributed by atoms with Gasteiger partial charge in [-0.3, -0.25) is 0 Å². The normalized spacial score (nSPS) is 12.9. The molecule has 0 saturated heterocycles. The zero-order valence-electron chi connectivity index (χ0n) is 6.79. The van der Waals surface area contributed by atoms with Crippen LogP contribution in [0.15, 0.2) is 18.2 Å². The minimum absolute atomic E-state index is 0.0914. The molecule has 0 radical (unpaired) electrons. The summed E-state index contributed by atoms with van der Waals surface area (Å²) in [5.74, 6) is 0.0914. The molecule has 0 amide bonds. The van der Waals surface area contributed by atoms with Crippen molar-refractivity contribution >= 4 is 11.6 Å². The Bertz CT molecular complexity index is 273. The van der Waals surface area contributed by atoms with Gasteiger partial charge in [0, 0.05) is 10.6 Å². The van der Waals surface area contributed by atoms with E-state index in [-0.39, 0.29) is 5.75 Å². The Hall–Kier alpha value is -0.730. The number of phenolic OH excluding ortho intramolecular Hbond substituents is 1. The van der Waals surface area contributed by atoms with E-state index in [2.05, 4.69) is 0 Å². The van der Waals surface area contributed by atoms with E-state index in [4.69, 9.17) is 11.6 Å². The van der Waals surface area contributed by atoms with Crippen LogP contribution in [0.4, 0.5) is 0 Å². The summed E-state index contributed by atoms with van der Waals surface area (Å²) in [6.45, 7) is 1.84. The van der Waals surface area contributed by atoms with Crippen LogP contribution in [0.3, 0.4) is 0 Å². The van der Waals surface area contributed by atoms with Crippen LogP contribution in [0.25, 0.3) is 0 Å². The van der Waals surface area contributed by atoms with Gasteiger partial charge in [-0.15, -0.1) is 0 Å². The predicted molar refractivity (Wildman–Crippen MR) is 48.4 cm³/mol. The second kappa shape index (κ2) is 3.78. The first-order valence-corrected chi connectivity index (χ1v) is 4.19. The highest BCUT2D eigenvalue weighted by Gasteiger charge is 2.09. The van der Waals surface area contributed by atoms with Gasteiger partial charge < -0.3 is 10.2 Å². The molecule has 1 atom stereocenters. The van der Waals surface area contributed by atoms with E-state index in [1.54, 1.807) is 12.1 Å². The zero-order valence-corrected chi connectivity index (χ0v) is 7.54. The number of aliphatic hydroxyl groups is 1. The van der Waals surface area contributed by atoms with Crippen LogP contribution in [0, 0.1) is 0 Å². The van der Waals surface area contributed by atoms with E-state index >= 15 is 0 Å². The van der Waals surface area contributed by atoms with E-state index in [9.17, 15) is 10.2 Å². The first-order valence-electron chi connectivity index (χ1n) is 3.81. The van der Waals surface area contributed by atoms with Crippen molar-refractivity contribution in [1.29, 1.82) is 0 Å². The molecular formula is C9H11ClO2. The highest BCUT2D eigenvalue weighted by Crippen LogP contribution is 2.28. The predicted octanol–water partition coefficient (Wildman–Crippen LogP) is 2.49. The second-order valence-electron chi connectivity index (χ2n) is 2.63. The lowest BCUT2D eigenvalue weighted by molar-refractivity contribution is 0.170. The van der Waals surface area contributed by atoms with Gasteiger partial charge >= 0.3 is 0 Å². The molecule has 0 spiro atoms. The summed E-state index contributed by atoms with van der Waals surface area (Å²) in [5, 5.41) is 19.3. The molecule has 1 aromatic carbocycles. The molecule has 0 fully saturated rings. The van der Waals surface area contributed by atoms with E-state index < -0.39 is 6.10 Å². The number of aromatic hydroxyl groups is 1. The molecule has 0 aliphatic carbocycles. The molecule has 1 rings (SSSR count). The molecule has 0 aliphatic rings. The first-order chi connectivity index (χ1) is 5.65. The number of aliphatic hydroxyl groups excluding tert-OH is 1. The lowest BCUT2D eigenvalue weighted by atomic mass is 10.1. The van der Waals surface area contributed by atoms with Crippen LogP contribution >= 0.6 is 11.6 Å². The third-order valence-electron chi connectivity index (χ3n) is 1.74. The molecule has 0 heterocycles. The molecule has 0 aliphatic heterocycles. The van der Waals surface area contributed by atoms with Crippen molar-refractivity contribution in [3.63, 3.8) is 0 Å². The van der Waals surface area contributed by atoms with Gasteiger partial charge in [0.05, 0.1) is 6.10 Å². The van der Waals surface area contributed by atoms with Gasteiger partial charge in [0.15, 0.2) is 0 Å². The van der Waals surface area contributed by atoms with Crippen LogP contribution in [0.2, 0.25) is 5.02 Å². The molecule has 1 aromatic rings. The Labute approximate surface area is 76.4 Å². The van der Waals surface area contributed by atoms with Crippen LogP contribution in [-0.4, -0.2) is 10.2 Å². The lowest BCUT2D eigenvalue weighted by Crippen LogP contribution is -1.95. The van der Waals surface area contributed by atoms with Gasteiger partial charge in [0.2, 0.25) is 0 Å². The smallest absolute Gasteiger partial charge is 0.121 e. The number of hydrogen-bond donors (Lipinski definition) is 2. The van der Waals surface area contributed by atoms with Crippen molar-refractivity contribution in [1.82, 2.24) is 0 Å². The maximum absolute atomic E-state index is 9.42. The minimum Gasteiger partial charge on any atom is -0.508 e. The summed E-state index contributed by atoms with van der Waals surface area (Å²) >= 11 is 5.70. The molecule has 66 valence electrons. The third-order valence-corrected chi connectivity index (χ3v) is 1.97. The van der Waals surface area contributed by atoms with E-state index in [1.807, 2.05) is 6.92 Å². The average molecular weight is 187 g/mol. The molecule has 3 heteroatoms. The van der Waals surface area contributed by atoms with Crippen molar-refractivity contribution in [2.45, 2.75) is 19.4 Å². The maximum atomic E-state index is 9.42. The topological polar surface area (TPSA) is 40.5 Å². The Balaban J connectivity index is 3.04. The lowest BCUT2D eigenvalue weighted by Gasteiger charge is -2.09. The van der Waals surface area contributed by atoms with E-state index in [0.717, 1.165) is 0 Å². The van der Waals surface area contributed by atoms with Gasteiger partial charge in [-0.25, -0.2) is 0 Å². The number of benzene rings is 1. The monoisotopic (exact) mass is 186 g/mol. The molecule has 0 aromatic heterocycles. The number of hydrogen-bond acceptors (Lipinski definition) is 2. The maximum Gasteiger partial charge on any atom is 0.121 e. The second-order valence-corrected chi connectivity index (χ2v) is 3.06. The molecule has 0 unspecified atom stereocenters. The quantitative estimate of drug-likeness (QED) is 0.745. The molecule has 12 heavy (non-hydrogen) atoms. The van der Waals surface area contributed by atoms with Crippen LogP contribution in [0.5, 0.6) is 5.75 Å². The Kier molecular flexibility index (Phi) is 2.95. The number of halogens is 1. The fourth-order valence-electron chi connectivity index (χ4n) is 1.01. The van der Waals surface area contributed by atoms with Gasteiger partial charge in [-0.1, -0.05) is 18.5 Å². The standard InChI is InChI=1S/C9H11ClO2/c1-2-8(11)7-5-6(10)3-4-9(7)12/h3-5,8,11-12H,2H2,1H3/t8-/m1/s1. The summed E-state index contributed by atoms with van der Waals surface area (Å²) in [6, 6.07) is 4.64. The van der Waals surface area contributed by atoms with Crippen molar-refractivity contribution < 1.29 is 10.2 Å². The molecule has 0 saturated carbocycles. The third kappa shape index (κ3) is 1.90. The van der Waals surface area contributed by atoms with Crippen LogP contribution in [-0.2, 0) is 0 Å². The summed E-state index contributed by atoms with van der Waals surface area (Å²) in [5.41, 5.74) is 0.491. The van der Waals surface area contributed by atoms with Gasteiger partial charge in [-0.2, -0.15) is 0 Å². The van der Waals surface area contributed by atoms with Gasteiger partial charge in [0.25, 0.3) is 0 Å². The molecular weight excluding hydrogens is 176 g/mol. The van der Waals surface area contributed by atoms with Crippen molar-refractivity contribution in [2.75, 3.05) is 0 Å². The fraction of sp³-hybridized carbons (Fsp3) is 0.333. The number of phenols is 1. The zero-order chi connectivity index (χ0) is 9.14. The largest absolute Gasteiger partial charge is 0.508 e. The van der Waals surface area contributed by atoms with E-state index in [1.165, 1.54) is 6.07 Å². The van der Waals surface area contributed by atoms with Gasteiger partial charge in [-0.05, 0) is 24.6 Å². The summed E-state index contributed by atoms with van der Waals surface area (Å²) in [4.78, 5) is 0. The summed E-state index contributed by atoms with van der Waals surface area (Å²) in [6.07, 6.45) is -0.0721. The summed E-state index contributed by atoms with van der Waals surface area (Å²) in [7, 11) is 0. The molecule has 2 N–H and O–H groups in total. The SMILES string of the molecule is CC[C@@H](O)c1cc(Cl)ccc1O. The van der Waals surface area contributed by atoms with Gasteiger partial charge in [0.1, 0.15) is 5.75 Å². The van der Waals surface area contributed by atoms with Crippen LogP contribution < -0.4 is 0 Å².